The molecule has 3 aliphatic rings. The number of allylic oxidation sites excluding steroid dienone is 1. The van der Waals surface area contributed by atoms with Crippen molar-refractivity contribution in [3.63, 3.8) is 0 Å². The molecule has 0 aromatic rings. The standard InChI is InChI=1S/C22H32O6/c1-13(19(2,3)4)16(23)26-20(5,6)18(25)28-22(15-8-9-15)11-10-14-12-21(22,7)27-17(14)24/h8,13-14H,9-12H2,1-7H3. The summed E-state index contributed by atoms with van der Waals surface area (Å²) in [5.74, 6) is -1.77. The molecule has 3 rings (SSSR count). The molecule has 0 spiro atoms. The fraction of sp³-hybridized carbons (Fsp3) is 0.773. The second-order valence-corrected chi connectivity index (χ2v) is 10.3. The van der Waals surface area contributed by atoms with E-state index in [0.717, 1.165) is 12.0 Å². The van der Waals surface area contributed by atoms with Crippen molar-refractivity contribution in [2.24, 2.45) is 17.3 Å². The van der Waals surface area contributed by atoms with Crippen molar-refractivity contribution in [2.45, 2.75) is 91.0 Å². The molecule has 6 nitrogen and oxygen atoms in total. The second kappa shape index (κ2) is 6.33. The quantitative estimate of drug-likeness (QED) is 0.403. The Morgan fingerprint density at radius 2 is 1.86 bits per heavy atom. The van der Waals surface area contributed by atoms with Gasteiger partial charge in [0.25, 0.3) is 0 Å². The fourth-order valence-corrected chi connectivity index (χ4v) is 4.13. The average Bonchev–Trinajstić information content (AvgIpc) is 3.36. The molecule has 0 aromatic carbocycles. The minimum Gasteiger partial charge on any atom is -0.454 e. The molecule has 1 heterocycles. The maximum absolute atomic E-state index is 13.1. The maximum Gasteiger partial charge on any atom is 0.351 e. The van der Waals surface area contributed by atoms with E-state index in [1.807, 2.05) is 33.8 Å². The van der Waals surface area contributed by atoms with E-state index in [-0.39, 0.29) is 23.2 Å². The normalized spacial score (nSPS) is 32.9. The number of esters is 3. The molecule has 28 heavy (non-hydrogen) atoms. The van der Waals surface area contributed by atoms with Gasteiger partial charge in [0.1, 0.15) is 0 Å². The van der Waals surface area contributed by atoms with Crippen molar-refractivity contribution in [1.29, 1.82) is 0 Å². The van der Waals surface area contributed by atoms with Gasteiger partial charge >= 0.3 is 17.9 Å². The molecular weight excluding hydrogens is 360 g/mol. The molecule has 2 aliphatic carbocycles. The van der Waals surface area contributed by atoms with Crippen molar-refractivity contribution in [1.82, 2.24) is 0 Å². The second-order valence-electron chi connectivity index (χ2n) is 10.3. The van der Waals surface area contributed by atoms with Gasteiger partial charge in [-0.25, -0.2) is 4.79 Å². The minimum atomic E-state index is -1.44. The molecule has 2 fully saturated rings. The fourth-order valence-electron chi connectivity index (χ4n) is 4.13. The number of hydrogen-bond donors (Lipinski definition) is 0. The third-order valence-corrected chi connectivity index (χ3v) is 6.69. The van der Waals surface area contributed by atoms with Crippen molar-refractivity contribution in [3.05, 3.63) is 11.6 Å². The summed E-state index contributed by atoms with van der Waals surface area (Å²) in [6.07, 6.45) is 4.45. The average molecular weight is 392 g/mol. The number of carbonyl (C=O) groups is 3. The lowest BCUT2D eigenvalue weighted by atomic mass is 9.69. The van der Waals surface area contributed by atoms with Gasteiger partial charge < -0.3 is 14.2 Å². The Hall–Kier alpha value is -1.85. The largest absolute Gasteiger partial charge is 0.454 e. The third-order valence-electron chi connectivity index (χ3n) is 6.69. The van der Waals surface area contributed by atoms with Crippen LogP contribution in [-0.4, -0.2) is 34.7 Å². The first-order chi connectivity index (χ1) is 12.7. The summed E-state index contributed by atoms with van der Waals surface area (Å²) < 4.78 is 17.3. The molecule has 0 radical (unpaired) electrons. The highest BCUT2D eigenvalue weighted by atomic mass is 16.6. The van der Waals surface area contributed by atoms with Gasteiger partial charge in [0.2, 0.25) is 5.60 Å². The van der Waals surface area contributed by atoms with E-state index in [9.17, 15) is 14.4 Å². The van der Waals surface area contributed by atoms with Crippen LogP contribution in [0.1, 0.15) is 74.1 Å². The number of hydrogen-bond acceptors (Lipinski definition) is 6. The van der Waals surface area contributed by atoms with E-state index in [0.29, 0.717) is 19.3 Å². The first-order valence-electron chi connectivity index (χ1n) is 10.1. The Morgan fingerprint density at radius 3 is 2.39 bits per heavy atom. The number of carbonyl (C=O) groups excluding carboxylic acids is 3. The zero-order valence-electron chi connectivity index (χ0n) is 18.0. The number of ether oxygens (including phenoxy) is 3. The Kier molecular flexibility index (Phi) is 4.72. The van der Waals surface area contributed by atoms with Crippen molar-refractivity contribution in [3.8, 4) is 0 Å². The van der Waals surface area contributed by atoms with Gasteiger partial charge in [0, 0.05) is 6.42 Å². The van der Waals surface area contributed by atoms with Crippen molar-refractivity contribution in [2.75, 3.05) is 0 Å². The Bertz CT molecular complexity index is 743. The van der Waals surface area contributed by atoms with Crippen LogP contribution in [0.3, 0.4) is 0 Å². The van der Waals surface area contributed by atoms with Crippen LogP contribution in [0.15, 0.2) is 11.6 Å². The summed E-state index contributed by atoms with van der Waals surface area (Å²) in [5.41, 5.74) is -2.56. The summed E-state index contributed by atoms with van der Waals surface area (Å²) in [6, 6.07) is 0. The molecule has 1 saturated heterocycles. The lowest BCUT2D eigenvalue weighted by Gasteiger charge is -2.46. The summed E-state index contributed by atoms with van der Waals surface area (Å²) in [6.45, 7) is 12.6. The Labute approximate surface area is 167 Å². The Morgan fingerprint density at radius 1 is 1.25 bits per heavy atom. The molecule has 0 N–H and O–H groups in total. The molecule has 1 aliphatic heterocycles. The van der Waals surface area contributed by atoms with Crippen molar-refractivity contribution < 1.29 is 28.6 Å². The first-order valence-corrected chi connectivity index (χ1v) is 10.1. The summed E-state index contributed by atoms with van der Waals surface area (Å²) in [4.78, 5) is 37.8. The summed E-state index contributed by atoms with van der Waals surface area (Å²) in [7, 11) is 0. The molecule has 4 unspecified atom stereocenters. The van der Waals surface area contributed by atoms with E-state index in [1.54, 1.807) is 20.8 Å². The predicted octanol–water partition coefficient (Wildman–Crippen LogP) is 3.72. The highest BCUT2D eigenvalue weighted by molar-refractivity contribution is 5.84. The van der Waals surface area contributed by atoms with E-state index in [4.69, 9.17) is 14.2 Å². The van der Waals surface area contributed by atoms with Crippen LogP contribution in [0, 0.1) is 17.3 Å². The molecule has 6 heteroatoms. The van der Waals surface area contributed by atoms with Gasteiger partial charge in [-0.2, -0.15) is 0 Å². The highest BCUT2D eigenvalue weighted by Crippen LogP contribution is 2.57. The topological polar surface area (TPSA) is 78.9 Å². The smallest absolute Gasteiger partial charge is 0.351 e. The summed E-state index contributed by atoms with van der Waals surface area (Å²) in [5, 5.41) is 0. The first kappa shape index (κ1) is 20.9. The molecule has 0 aromatic heterocycles. The highest BCUT2D eigenvalue weighted by Gasteiger charge is 2.66. The van der Waals surface area contributed by atoms with E-state index >= 15 is 0 Å². The van der Waals surface area contributed by atoms with Crippen LogP contribution >= 0.6 is 0 Å². The SMILES string of the molecule is CC(C(=O)OC(C)(C)C(=O)OC1(C2=CC2)CCC2CC1(C)OC2=O)C(C)(C)C. The van der Waals surface area contributed by atoms with Crippen LogP contribution in [0.25, 0.3) is 0 Å². The molecule has 2 bridgehead atoms. The zero-order valence-corrected chi connectivity index (χ0v) is 18.0. The number of fused-ring (bicyclic) bond motifs is 2. The van der Waals surface area contributed by atoms with Gasteiger partial charge in [-0.15, -0.1) is 0 Å². The predicted molar refractivity (Wildman–Crippen MR) is 102 cm³/mol. The van der Waals surface area contributed by atoms with Crippen LogP contribution in [0.4, 0.5) is 0 Å². The van der Waals surface area contributed by atoms with Gasteiger partial charge in [-0.3, -0.25) is 9.59 Å². The molecule has 0 amide bonds. The van der Waals surface area contributed by atoms with Crippen LogP contribution in [-0.2, 0) is 28.6 Å². The number of rotatable bonds is 5. The maximum atomic E-state index is 13.1. The van der Waals surface area contributed by atoms with Gasteiger partial charge in [-0.1, -0.05) is 33.8 Å². The lowest BCUT2D eigenvalue weighted by Crippen LogP contribution is -2.58. The third kappa shape index (κ3) is 3.35. The van der Waals surface area contributed by atoms with Crippen molar-refractivity contribution >= 4 is 17.9 Å². The molecule has 4 atom stereocenters. The molecule has 1 saturated carbocycles. The monoisotopic (exact) mass is 392 g/mol. The van der Waals surface area contributed by atoms with Crippen LogP contribution in [0.2, 0.25) is 0 Å². The van der Waals surface area contributed by atoms with Crippen LogP contribution in [0.5, 0.6) is 0 Å². The van der Waals surface area contributed by atoms with Gasteiger partial charge in [0.05, 0.1) is 11.8 Å². The van der Waals surface area contributed by atoms with E-state index in [2.05, 4.69) is 0 Å². The summed E-state index contributed by atoms with van der Waals surface area (Å²) >= 11 is 0. The Balaban J connectivity index is 1.79. The van der Waals surface area contributed by atoms with Gasteiger partial charge in [-0.05, 0) is 51.0 Å². The van der Waals surface area contributed by atoms with Crippen LogP contribution < -0.4 is 0 Å². The van der Waals surface area contributed by atoms with Gasteiger partial charge in [0.15, 0.2) is 11.2 Å². The molecule has 156 valence electrons. The van der Waals surface area contributed by atoms with E-state index in [1.165, 1.54) is 0 Å². The lowest BCUT2D eigenvalue weighted by molar-refractivity contribution is -0.210. The minimum absolute atomic E-state index is 0.130. The zero-order chi connectivity index (χ0) is 21.1. The van der Waals surface area contributed by atoms with E-state index < -0.39 is 28.7 Å². The molecular formula is C22H32O6.